The number of hydrogen-bond donors (Lipinski definition) is 1. The summed E-state index contributed by atoms with van der Waals surface area (Å²) in [6.07, 6.45) is 3.76. The lowest BCUT2D eigenvalue weighted by atomic mass is 9.78. The molecule has 5 rings (SSSR count). The van der Waals surface area contributed by atoms with Crippen molar-refractivity contribution in [2.75, 3.05) is 6.54 Å². The molecule has 0 aliphatic carbocycles. The monoisotopic (exact) mass is 519 g/mol. The van der Waals surface area contributed by atoms with Gasteiger partial charge in [-0.05, 0) is 30.9 Å². The first-order valence-corrected chi connectivity index (χ1v) is 13.6. The van der Waals surface area contributed by atoms with Gasteiger partial charge in [-0.1, -0.05) is 38.1 Å². The lowest BCUT2D eigenvalue weighted by molar-refractivity contribution is -0.134. The van der Waals surface area contributed by atoms with Crippen LogP contribution in [0.5, 0.6) is 0 Å². The summed E-state index contributed by atoms with van der Waals surface area (Å²) in [5, 5.41) is 14.8. The average molecular weight is 520 g/mol. The molecule has 0 bridgehead atoms. The van der Waals surface area contributed by atoms with Crippen LogP contribution in [-0.2, 0) is 22.1 Å². The number of β-amino-alcohol motifs (C(OH)–C–C–N with tert-alkyl or cyclic N) is 1. The fourth-order valence-electron chi connectivity index (χ4n) is 5.68. The molecular formula is C28H33N5O3S. The van der Waals surface area contributed by atoms with Crippen LogP contribution in [-0.4, -0.2) is 61.0 Å². The van der Waals surface area contributed by atoms with Crippen molar-refractivity contribution < 1.29 is 14.7 Å². The second kappa shape index (κ2) is 9.61. The molecule has 0 unspecified atom stereocenters. The van der Waals surface area contributed by atoms with Crippen molar-refractivity contribution in [2.45, 2.75) is 64.0 Å². The second-order valence-electron chi connectivity index (χ2n) is 10.8. The Morgan fingerprint density at radius 3 is 2.57 bits per heavy atom. The summed E-state index contributed by atoms with van der Waals surface area (Å²) >= 11 is 1.60. The van der Waals surface area contributed by atoms with Gasteiger partial charge in [-0.25, -0.2) is 9.98 Å². The maximum atomic E-state index is 13.8. The van der Waals surface area contributed by atoms with Gasteiger partial charge in [0.05, 0.1) is 45.8 Å². The standard InChI is InChI=1S/C28H33N5O3S/c1-16(2)24(19-12-30-32(5)13-19)26(35)33-14-21(34)10-23(33)22-11-28(4,27(36)31-22)20-8-6-18(7-9-20)25-17(3)29-15-37-25/h6-9,12-13,15-16,21,23-24,34H,10-11,14H2,1-5H3/t21-,23+,24+,28+/m1/s1. The van der Waals surface area contributed by atoms with Crippen LogP contribution in [0, 0.1) is 12.8 Å². The molecule has 9 heteroatoms. The molecule has 2 aromatic heterocycles. The number of aromatic nitrogens is 3. The number of aliphatic hydroxyl groups is 1. The first-order valence-electron chi connectivity index (χ1n) is 12.7. The van der Waals surface area contributed by atoms with E-state index in [1.165, 1.54) is 0 Å². The Kier molecular flexibility index (Phi) is 6.62. The van der Waals surface area contributed by atoms with Crippen molar-refractivity contribution in [3.8, 4) is 10.4 Å². The highest BCUT2D eigenvalue weighted by Gasteiger charge is 2.48. The molecule has 2 amide bonds. The van der Waals surface area contributed by atoms with Gasteiger partial charge < -0.3 is 10.0 Å². The van der Waals surface area contributed by atoms with E-state index in [9.17, 15) is 14.7 Å². The first kappa shape index (κ1) is 25.5. The highest BCUT2D eigenvalue weighted by Crippen LogP contribution is 2.39. The molecule has 8 nitrogen and oxygen atoms in total. The molecule has 2 aliphatic rings. The fourth-order valence-corrected chi connectivity index (χ4v) is 6.49. The van der Waals surface area contributed by atoms with Gasteiger partial charge in [-0.15, -0.1) is 11.3 Å². The van der Waals surface area contributed by atoms with Crippen LogP contribution in [0.1, 0.15) is 56.4 Å². The minimum absolute atomic E-state index is 0.0493. The number of carbonyl (C=O) groups is 2. The van der Waals surface area contributed by atoms with Gasteiger partial charge in [0.2, 0.25) is 5.91 Å². The Bertz CT molecular complexity index is 1360. The Morgan fingerprint density at radius 1 is 1.24 bits per heavy atom. The molecule has 0 saturated carbocycles. The van der Waals surface area contributed by atoms with Gasteiger partial charge in [0.25, 0.3) is 5.91 Å². The van der Waals surface area contributed by atoms with Crippen LogP contribution >= 0.6 is 11.3 Å². The summed E-state index contributed by atoms with van der Waals surface area (Å²) < 4.78 is 1.70. The predicted molar refractivity (Wildman–Crippen MR) is 144 cm³/mol. The molecule has 4 heterocycles. The summed E-state index contributed by atoms with van der Waals surface area (Å²) in [5.41, 5.74) is 5.52. The SMILES string of the molecule is Cc1ncsc1-c1ccc([C@]2(C)CC([C@@H]3C[C@@H](O)CN3C(=O)[C@H](c3cnn(C)c3)C(C)C)=NC2=O)cc1. The summed E-state index contributed by atoms with van der Waals surface area (Å²) in [5.74, 6) is -0.593. The van der Waals surface area contributed by atoms with Gasteiger partial charge in [0.15, 0.2) is 0 Å². The largest absolute Gasteiger partial charge is 0.391 e. The Balaban J connectivity index is 1.39. The Labute approximate surface area is 221 Å². The summed E-state index contributed by atoms with van der Waals surface area (Å²) in [4.78, 5) is 38.8. The molecule has 37 heavy (non-hydrogen) atoms. The maximum absolute atomic E-state index is 13.8. The van der Waals surface area contributed by atoms with E-state index in [1.54, 1.807) is 27.1 Å². The average Bonchev–Trinajstić information content (AvgIpc) is 3.62. The van der Waals surface area contributed by atoms with E-state index in [0.29, 0.717) is 18.6 Å². The minimum atomic E-state index is -0.806. The molecule has 0 radical (unpaired) electrons. The van der Waals surface area contributed by atoms with Crippen LogP contribution < -0.4 is 0 Å². The van der Waals surface area contributed by atoms with Gasteiger partial charge in [-0.2, -0.15) is 5.10 Å². The first-order chi connectivity index (χ1) is 17.6. The number of thiazole rings is 1. The molecule has 0 spiro atoms. The fraction of sp³-hybridized carbons (Fsp3) is 0.464. The summed E-state index contributed by atoms with van der Waals surface area (Å²) in [6.45, 7) is 8.18. The van der Waals surface area contributed by atoms with E-state index in [0.717, 1.165) is 27.3 Å². The van der Waals surface area contributed by atoms with Crippen molar-refractivity contribution >= 4 is 28.9 Å². The third-order valence-electron chi connectivity index (χ3n) is 7.75. The third-order valence-corrected chi connectivity index (χ3v) is 8.72. The number of likely N-dealkylation sites (tertiary alicyclic amines) is 1. The molecule has 3 aromatic rings. The number of aliphatic imine (C=N–C) groups is 1. The molecule has 1 fully saturated rings. The highest BCUT2D eigenvalue weighted by atomic mass is 32.1. The van der Waals surface area contributed by atoms with E-state index in [4.69, 9.17) is 0 Å². The van der Waals surface area contributed by atoms with Crippen molar-refractivity contribution in [1.82, 2.24) is 19.7 Å². The van der Waals surface area contributed by atoms with Gasteiger partial charge in [0, 0.05) is 43.9 Å². The number of hydrogen-bond acceptors (Lipinski definition) is 6. The highest BCUT2D eigenvalue weighted by molar-refractivity contribution is 7.13. The number of aliphatic hydroxyl groups excluding tert-OH is 1. The van der Waals surface area contributed by atoms with Crippen LogP contribution in [0.4, 0.5) is 0 Å². The van der Waals surface area contributed by atoms with E-state index in [-0.39, 0.29) is 30.2 Å². The number of aryl methyl sites for hydroxylation is 2. The predicted octanol–water partition coefficient (Wildman–Crippen LogP) is 3.88. The summed E-state index contributed by atoms with van der Waals surface area (Å²) in [7, 11) is 1.83. The summed E-state index contributed by atoms with van der Waals surface area (Å²) in [6, 6.07) is 7.65. The zero-order valence-electron chi connectivity index (χ0n) is 21.9. The second-order valence-corrected chi connectivity index (χ2v) is 11.7. The van der Waals surface area contributed by atoms with Crippen LogP contribution in [0.3, 0.4) is 0 Å². The zero-order valence-corrected chi connectivity index (χ0v) is 22.7. The van der Waals surface area contributed by atoms with E-state index < -0.39 is 17.6 Å². The normalized spacial score (nSPS) is 24.7. The van der Waals surface area contributed by atoms with Gasteiger partial charge >= 0.3 is 0 Å². The molecular weight excluding hydrogens is 486 g/mol. The molecule has 1 saturated heterocycles. The molecule has 2 aliphatic heterocycles. The van der Waals surface area contributed by atoms with Crippen molar-refractivity contribution in [3.05, 3.63) is 59.0 Å². The smallest absolute Gasteiger partial charge is 0.256 e. The topological polar surface area (TPSA) is 101 Å². The van der Waals surface area contributed by atoms with Gasteiger partial charge in [-0.3, -0.25) is 14.3 Å². The number of carbonyl (C=O) groups excluding carboxylic acids is 2. The van der Waals surface area contributed by atoms with E-state index in [2.05, 4.69) is 15.1 Å². The van der Waals surface area contributed by atoms with Crippen LogP contribution in [0.2, 0.25) is 0 Å². The van der Waals surface area contributed by atoms with Crippen molar-refractivity contribution in [1.29, 1.82) is 0 Å². The molecule has 1 aromatic carbocycles. The van der Waals surface area contributed by atoms with E-state index >= 15 is 0 Å². The van der Waals surface area contributed by atoms with Gasteiger partial charge in [0.1, 0.15) is 0 Å². The van der Waals surface area contributed by atoms with Crippen molar-refractivity contribution in [3.63, 3.8) is 0 Å². The number of rotatable bonds is 6. The maximum Gasteiger partial charge on any atom is 0.256 e. The lowest BCUT2D eigenvalue weighted by Gasteiger charge is -2.31. The third kappa shape index (κ3) is 4.55. The van der Waals surface area contributed by atoms with Crippen LogP contribution in [0.25, 0.3) is 10.4 Å². The molecule has 4 atom stereocenters. The number of amides is 2. The Morgan fingerprint density at radius 2 is 1.97 bits per heavy atom. The Hall–Kier alpha value is -3.17. The minimum Gasteiger partial charge on any atom is -0.391 e. The van der Waals surface area contributed by atoms with Crippen molar-refractivity contribution in [2.24, 2.45) is 18.0 Å². The zero-order chi connectivity index (χ0) is 26.5. The van der Waals surface area contributed by atoms with E-state index in [1.807, 2.05) is 70.7 Å². The molecule has 194 valence electrons. The number of benzene rings is 1. The quantitative estimate of drug-likeness (QED) is 0.533. The lowest BCUT2D eigenvalue weighted by Crippen LogP contribution is -2.44. The number of nitrogens with zero attached hydrogens (tertiary/aromatic N) is 5. The van der Waals surface area contributed by atoms with Crippen LogP contribution in [0.15, 0.2) is 47.2 Å². The molecule has 1 N–H and O–H groups in total.